The van der Waals surface area contributed by atoms with Crippen molar-refractivity contribution >= 4 is 22.9 Å². The smallest absolute Gasteiger partial charge is 0.267 e. The van der Waals surface area contributed by atoms with Crippen molar-refractivity contribution in [2.24, 2.45) is 0 Å². The molecule has 1 saturated heterocycles. The van der Waals surface area contributed by atoms with E-state index in [0.717, 1.165) is 16.1 Å². The van der Waals surface area contributed by atoms with E-state index in [2.05, 4.69) is 10.1 Å². The number of hydrogen-bond acceptors (Lipinski definition) is 5. The molecule has 1 atom stereocenters. The molecular formula is C17H15N3O2S. The number of anilines is 1. The molecule has 1 unspecified atom stereocenters. The molecule has 23 heavy (non-hydrogen) atoms. The fourth-order valence-electron chi connectivity index (χ4n) is 2.88. The van der Waals surface area contributed by atoms with Gasteiger partial charge in [-0.05, 0) is 30.0 Å². The maximum absolute atomic E-state index is 12.4. The van der Waals surface area contributed by atoms with Crippen molar-refractivity contribution in [1.29, 1.82) is 0 Å². The Bertz CT molecular complexity index is 841. The van der Waals surface area contributed by atoms with Crippen molar-refractivity contribution in [1.82, 2.24) is 10.1 Å². The third kappa shape index (κ3) is 2.55. The van der Waals surface area contributed by atoms with Crippen LogP contribution in [0.2, 0.25) is 0 Å². The van der Waals surface area contributed by atoms with Crippen LogP contribution in [0.3, 0.4) is 0 Å². The van der Waals surface area contributed by atoms with E-state index in [1.54, 1.807) is 11.3 Å². The van der Waals surface area contributed by atoms with Crippen LogP contribution in [-0.4, -0.2) is 22.6 Å². The predicted octanol–water partition coefficient (Wildman–Crippen LogP) is 3.63. The van der Waals surface area contributed by atoms with Crippen molar-refractivity contribution in [3.05, 3.63) is 53.2 Å². The summed E-state index contributed by atoms with van der Waals surface area (Å²) in [5, 5.41) is 6.05. The van der Waals surface area contributed by atoms with Crippen LogP contribution in [0.15, 0.2) is 46.3 Å². The lowest BCUT2D eigenvalue weighted by molar-refractivity contribution is -0.117. The lowest BCUT2D eigenvalue weighted by Crippen LogP contribution is -2.25. The van der Waals surface area contributed by atoms with Gasteiger partial charge < -0.3 is 9.42 Å². The van der Waals surface area contributed by atoms with Crippen LogP contribution in [0.1, 0.15) is 23.7 Å². The molecule has 1 amide bonds. The Balaban J connectivity index is 1.58. The van der Waals surface area contributed by atoms with E-state index in [0.29, 0.717) is 24.7 Å². The average Bonchev–Trinajstić information content (AvgIpc) is 3.27. The fraction of sp³-hybridized carbons (Fsp3) is 0.235. The normalized spacial score (nSPS) is 17.9. The first-order valence-corrected chi connectivity index (χ1v) is 8.34. The van der Waals surface area contributed by atoms with E-state index in [-0.39, 0.29) is 11.8 Å². The fourth-order valence-corrected chi connectivity index (χ4v) is 3.53. The second-order valence-corrected chi connectivity index (χ2v) is 6.57. The highest BCUT2D eigenvalue weighted by atomic mass is 32.1. The van der Waals surface area contributed by atoms with Crippen molar-refractivity contribution < 1.29 is 9.32 Å². The van der Waals surface area contributed by atoms with Gasteiger partial charge in [0.25, 0.3) is 5.89 Å². The van der Waals surface area contributed by atoms with Gasteiger partial charge >= 0.3 is 0 Å². The average molecular weight is 325 g/mol. The molecule has 0 saturated carbocycles. The minimum absolute atomic E-state index is 0.0282. The Hall–Kier alpha value is -2.47. The number of carbonyl (C=O) groups excluding carboxylic acids is 1. The number of hydrogen-bond donors (Lipinski definition) is 0. The first-order valence-electron chi connectivity index (χ1n) is 7.46. The second kappa shape index (κ2) is 5.62. The topological polar surface area (TPSA) is 59.2 Å². The highest BCUT2D eigenvalue weighted by molar-refractivity contribution is 7.13. The molecule has 6 heteroatoms. The van der Waals surface area contributed by atoms with Crippen LogP contribution in [0.5, 0.6) is 0 Å². The molecule has 3 heterocycles. The standard InChI is InChI=1S/C17H15N3O2S/c1-11-5-2-3-6-13(11)20-10-12(9-15(20)21)16-18-17(22-19-16)14-7-4-8-23-14/h2-8,12H,9-10H2,1H3. The Morgan fingerprint density at radius 2 is 2.13 bits per heavy atom. The second-order valence-electron chi connectivity index (χ2n) is 5.63. The Morgan fingerprint density at radius 1 is 1.26 bits per heavy atom. The van der Waals surface area contributed by atoms with Crippen molar-refractivity contribution in [3.8, 4) is 10.8 Å². The largest absolute Gasteiger partial charge is 0.333 e. The first-order chi connectivity index (χ1) is 11.2. The number of aromatic nitrogens is 2. The number of aryl methyl sites for hydroxylation is 1. The molecule has 1 aliphatic heterocycles. The lowest BCUT2D eigenvalue weighted by Gasteiger charge is -2.18. The molecular weight excluding hydrogens is 310 g/mol. The summed E-state index contributed by atoms with van der Waals surface area (Å²) in [5.41, 5.74) is 2.05. The summed E-state index contributed by atoms with van der Waals surface area (Å²) in [6.45, 7) is 2.60. The molecule has 0 aliphatic carbocycles. The molecule has 1 fully saturated rings. The Morgan fingerprint density at radius 3 is 2.91 bits per heavy atom. The summed E-state index contributed by atoms with van der Waals surface area (Å²) in [6, 6.07) is 11.8. The Kier molecular flexibility index (Phi) is 3.46. The number of carbonyl (C=O) groups is 1. The summed E-state index contributed by atoms with van der Waals surface area (Å²) in [5.74, 6) is 1.21. The molecule has 0 bridgehead atoms. The number of rotatable bonds is 3. The predicted molar refractivity (Wildman–Crippen MR) is 88.5 cm³/mol. The number of para-hydroxylation sites is 1. The van der Waals surface area contributed by atoms with Gasteiger partial charge in [0.15, 0.2) is 5.82 Å². The Labute approximate surface area is 137 Å². The number of nitrogens with zero attached hydrogens (tertiary/aromatic N) is 3. The van der Waals surface area contributed by atoms with Gasteiger partial charge in [-0.1, -0.05) is 29.4 Å². The quantitative estimate of drug-likeness (QED) is 0.738. The zero-order valence-electron chi connectivity index (χ0n) is 12.6. The van der Waals surface area contributed by atoms with Gasteiger partial charge in [0, 0.05) is 24.6 Å². The van der Waals surface area contributed by atoms with E-state index in [1.807, 2.05) is 53.6 Å². The molecule has 0 N–H and O–H groups in total. The van der Waals surface area contributed by atoms with Gasteiger partial charge in [0.2, 0.25) is 5.91 Å². The first kappa shape index (κ1) is 14.1. The molecule has 1 aliphatic rings. The third-order valence-electron chi connectivity index (χ3n) is 4.07. The van der Waals surface area contributed by atoms with Gasteiger partial charge in [-0.3, -0.25) is 4.79 Å². The maximum Gasteiger partial charge on any atom is 0.267 e. The minimum atomic E-state index is -0.0282. The van der Waals surface area contributed by atoms with Crippen LogP contribution >= 0.6 is 11.3 Å². The molecule has 1 aromatic carbocycles. The van der Waals surface area contributed by atoms with E-state index in [4.69, 9.17) is 4.52 Å². The lowest BCUT2D eigenvalue weighted by atomic mass is 10.1. The number of amides is 1. The van der Waals surface area contributed by atoms with E-state index < -0.39 is 0 Å². The van der Waals surface area contributed by atoms with Gasteiger partial charge in [-0.2, -0.15) is 4.98 Å². The summed E-state index contributed by atoms with van der Waals surface area (Å²) >= 11 is 1.56. The van der Waals surface area contributed by atoms with Gasteiger partial charge in [-0.15, -0.1) is 11.3 Å². The molecule has 2 aromatic heterocycles. The molecule has 116 valence electrons. The van der Waals surface area contributed by atoms with E-state index in [9.17, 15) is 4.79 Å². The van der Waals surface area contributed by atoms with Crippen LogP contribution in [-0.2, 0) is 4.79 Å². The third-order valence-corrected chi connectivity index (χ3v) is 4.93. The zero-order valence-corrected chi connectivity index (χ0v) is 13.4. The molecule has 3 aromatic rings. The van der Waals surface area contributed by atoms with Crippen molar-refractivity contribution in [3.63, 3.8) is 0 Å². The van der Waals surface area contributed by atoms with Crippen molar-refractivity contribution in [2.75, 3.05) is 11.4 Å². The highest BCUT2D eigenvalue weighted by Gasteiger charge is 2.35. The summed E-state index contributed by atoms with van der Waals surface area (Å²) in [6.07, 6.45) is 0.414. The molecule has 5 nitrogen and oxygen atoms in total. The number of thiophene rings is 1. The van der Waals surface area contributed by atoms with Gasteiger partial charge in [-0.25, -0.2) is 0 Å². The monoisotopic (exact) mass is 325 g/mol. The summed E-state index contributed by atoms with van der Waals surface area (Å²) in [4.78, 5) is 19.6. The summed E-state index contributed by atoms with van der Waals surface area (Å²) in [7, 11) is 0. The molecule has 4 rings (SSSR count). The van der Waals surface area contributed by atoms with Crippen LogP contribution in [0.25, 0.3) is 10.8 Å². The maximum atomic E-state index is 12.4. The van der Waals surface area contributed by atoms with Crippen molar-refractivity contribution in [2.45, 2.75) is 19.3 Å². The minimum Gasteiger partial charge on any atom is -0.333 e. The highest BCUT2D eigenvalue weighted by Crippen LogP contribution is 2.33. The SMILES string of the molecule is Cc1ccccc1N1CC(c2noc(-c3cccs3)n2)CC1=O. The van der Waals surface area contributed by atoms with Crippen LogP contribution in [0, 0.1) is 6.92 Å². The van der Waals surface area contributed by atoms with Gasteiger partial charge in [0.1, 0.15) is 0 Å². The van der Waals surface area contributed by atoms with Gasteiger partial charge in [0.05, 0.1) is 4.88 Å². The van der Waals surface area contributed by atoms with E-state index >= 15 is 0 Å². The van der Waals surface area contributed by atoms with Crippen LogP contribution < -0.4 is 4.90 Å². The van der Waals surface area contributed by atoms with E-state index in [1.165, 1.54) is 0 Å². The molecule has 0 spiro atoms. The summed E-state index contributed by atoms with van der Waals surface area (Å²) < 4.78 is 5.34. The molecule has 0 radical (unpaired) electrons. The zero-order chi connectivity index (χ0) is 15.8. The number of benzene rings is 1. The van der Waals surface area contributed by atoms with Crippen LogP contribution in [0.4, 0.5) is 5.69 Å².